The number of benzene rings is 1. The van der Waals surface area contributed by atoms with Crippen LogP contribution in [0.2, 0.25) is 0 Å². The Bertz CT molecular complexity index is 622. The number of nitrogens with zero attached hydrogens (tertiary/aromatic N) is 1. The normalized spacial score (nSPS) is 23.1. The molecule has 3 rings (SSSR count). The molecule has 1 saturated heterocycles. The number of piperazine rings is 1. The average molecular weight is 323 g/mol. The molecule has 0 spiro atoms. The van der Waals surface area contributed by atoms with Gasteiger partial charge in [-0.1, -0.05) is 18.2 Å². The second-order valence-electron chi connectivity index (χ2n) is 5.92. The molecule has 3 unspecified atom stereocenters. The largest absolute Gasteiger partial charge is 0.460 e. The monoisotopic (exact) mass is 322 g/mol. The van der Waals surface area contributed by atoms with Crippen LogP contribution in [-0.2, 0) is 4.79 Å². The number of amides is 1. The van der Waals surface area contributed by atoms with Crippen molar-refractivity contribution in [2.75, 3.05) is 13.1 Å². The van der Waals surface area contributed by atoms with Crippen LogP contribution >= 0.6 is 12.4 Å². The van der Waals surface area contributed by atoms with Crippen molar-refractivity contribution in [2.24, 2.45) is 0 Å². The number of fused-ring (bicyclic) bond motifs is 1. The highest BCUT2D eigenvalue weighted by atomic mass is 35.5. The van der Waals surface area contributed by atoms with E-state index >= 15 is 0 Å². The Morgan fingerprint density at radius 2 is 2.09 bits per heavy atom. The topological polar surface area (TPSA) is 45.5 Å². The number of hydrogen-bond donors (Lipinski definition) is 1. The first-order valence-corrected chi connectivity index (χ1v) is 7.60. The van der Waals surface area contributed by atoms with Crippen LogP contribution in [0.3, 0.4) is 0 Å². The van der Waals surface area contributed by atoms with Gasteiger partial charge in [0.1, 0.15) is 11.3 Å². The molecule has 120 valence electrons. The third-order valence-corrected chi connectivity index (χ3v) is 4.56. The van der Waals surface area contributed by atoms with Crippen molar-refractivity contribution in [3.63, 3.8) is 0 Å². The quantitative estimate of drug-likeness (QED) is 0.923. The lowest BCUT2D eigenvalue weighted by molar-refractivity contribution is -0.136. The number of carbonyl (C=O) groups excluding carboxylic acids is 1. The van der Waals surface area contributed by atoms with Crippen LogP contribution < -0.4 is 5.32 Å². The fraction of sp³-hybridized carbons (Fsp3) is 0.471. The first-order chi connectivity index (χ1) is 10.1. The first kappa shape index (κ1) is 16.8. The minimum absolute atomic E-state index is 0. The lowest BCUT2D eigenvalue weighted by atomic mass is 10.0. The number of halogens is 1. The van der Waals surface area contributed by atoms with E-state index in [2.05, 4.69) is 19.2 Å². The van der Waals surface area contributed by atoms with Crippen LogP contribution in [-0.4, -0.2) is 36.0 Å². The van der Waals surface area contributed by atoms with Crippen molar-refractivity contribution in [3.05, 3.63) is 36.1 Å². The van der Waals surface area contributed by atoms with Crippen LogP contribution in [0.5, 0.6) is 0 Å². The summed E-state index contributed by atoms with van der Waals surface area (Å²) in [4.78, 5) is 14.7. The Balaban J connectivity index is 0.00000176. The van der Waals surface area contributed by atoms with Crippen molar-refractivity contribution >= 4 is 29.3 Å². The Labute approximate surface area is 137 Å². The molecular weight excluding hydrogens is 300 g/mol. The number of para-hydroxylation sites is 1. The summed E-state index contributed by atoms with van der Waals surface area (Å²) < 4.78 is 5.84. The number of furan rings is 1. The van der Waals surface area contributed by atoms with Crippen LogP contribution in [0.15, 0.2) is 34.7 Å². The summed E-state index contributed by atoms with van der Waals surface area (Å²) in [5.41, 5.74) is 0.842. The van der Waals surface area contributed by atoms with Gasteiger partial charge in [-0.2, -0.15) is 0 Å². The van der Waals surface area contributed by atoms with Crippen molar-refractivity contribution < 1.29 is 9.21 Å². The zero-order valence-electron chi connectivity index (χ0n) is 13.2. The molecule has 0 bridgehead atoms. The molecule has 0 saturated carbocycles. The maximum Gasteiger partial charge on any atom is 0.233 e. The first-order valence-electron chi connectivity index (χ1n) is 7.60. The predicted molar refractivity (Wildman–Crippen MR) is 90.5 cm³/mol. The second-order valence-corrected chi connectivity index (χ2v) is 5.92. The molecule has 5 heteroatoms. The SMILES string of the molecule is CC(C(=O)N1CCNC(C)C1C)c1cc2ccccc2o1.Cl. The van der Waals surface area contributed by atoms with Crippen LogP contribution in [0, 0.1) is 0 Å². The third kappa shape index (κ3) is 2.99. The highest BCUT2D eigenvalue weighted by molar-refractivity contribution is 5.86. The van der Waals surface area contributed by atoms with Gasteiger partial charge in [0.15, 0.2) is 0 Å². The third-order valence-electron chi connectivity index (χ3n) is 4.56. The molecule has 1 aliphatic rings. The summed E-state index contributed by atoms with van der Waals surface area (Å²) in [7, 11) is 0. The van der Waals surface area contributed by atoms with E-state index in [1.807, 2.05) is 42.2 Å². The zero-order chi connectivity index (χ0) is 15.0. The van der Waals surface area contributed by atoms with E-state index in [1.54, 1.807) is 0 Å². The van der Waals surface area contributed by atoms with Gasteiger partial charge in [-0.05, 0) is 32.9 Å². The molecule has 2 aromatic rings. The maximum absolute atomic E-state index is 12.8. The molecule has 1 amide bonds. The Kier molecular flexibility index (Phi) is 5.14. The van der Waals surface area contributed by atoms with Crippen molar-refractivity contribution in [1.82, 2.24) is 10.2 Å². The summed E-state index contributed by atoms with van der Waals surface area (Å²) in [5.74, 6) is 0.652. The predicted octanol–water partition coefficient (Wildman–Crippen LogP) is 3.17. The minimum atomic E-state index is -0.245. The number of rotatable bonds is 2. The van der Waals surface area contributed by atoms with Gasteiger partial charge in [-0.15, -0.1) is 12.4 Å². The summed E-state index contributed by atoms with van der Waals surface area (Å²) in [6.45, 7) is 7.76. The molecule has 22 heavy (non-hydrogen) atoms. The second kappa shape index (κ2) is 6.71. The maximum atomic E-state index is 12.8. The van der Waals surface area contributed by atoms with E-state index in [0.29, 0.717) is 6.04 Å². The van der Waals surface area contributed by atoms with Gasteiger partial charge in [0.05, 0.1) is 5.92 Å². The standard InChI is InChI=1S/C17H22N2O2.ClH/c1-11(16-10-14-6-4-5-7-15(14)21-16)17(20)19-9-8-18-12(2)13(19)3;/h4-7,10-13,18H,8-9H2,1-3H3;1H. The molecule has 3 atom stereocenters. The lowest BCUT2D eigenvalue weighted by Crippen LogP contribution is -2.57. The van der Waals surface area contributed by atoms with E-state index in [1.165, 1.54) is 0 Å². The summed E-state index contributed by atoms with van der Waals surface area (Å²) in [6, 6.07) is 10.4. The highest BCUT2D eigenvalue weighted by Crippen LogP contribution is 2.27. The summed E-state index contributed by atoms with van der Waals surface area (Å²) in [5, 5.41) is 4.45. The molecule has 0 aliphatic carbocycles. The van der Waals surface area contributed by atoms with Gasteiger partial charge < -0.3 is 14.6 Å². The average Bonchev–Trinajstić information content (AvgIpc) is 2.92. The van der Waals surface area contributed by atoms with Gasteiger partial charge in [0.2, 0.25) is 5.91 Å². The van der Waals surface area contributed by atoms with E-state index < -0.39 is 0 Å². The number of nitrogens with one attached hydrogen (secondary N) is 1. The summed E-state index contributed by atoms with van der Waals surface area (Å²) >= 11 is 0. The summed E-state index contributed by atoms with van der Waals surface area (Å²) in [6.07, 6.45) is 0. The molecule has 1 aliphatic heterocycles. The smallest absolute Gasteiger partial charge is 0.233 e. The van der Waals surface area contributed by atoms with Crippen molar-refractivity contribution in [2.45, 2.75) is 38.8 Å². The van der Waals surface area contributed by atoms with Crippen molar-refractivity contribution in [1.29, 1.82) is 0 Å². The van der Waals surface area contributed by atoms with E-state index in [4.69, 9.17) is 4.42 Å². The fourth-order valence-corrected chi connectivity index (χ4v) is 2.95. The number of carbonyl (C=O) groups is 1. The van der Waals surface area contributed by atoms with E-state index in [9.17, 15) is 4.79 Å². The van der Waals surface area contributed by atoms with Crippen LogP contribution in [0.25, 0.3) is 11.0 Å². The molecular formula is C17H23ClN2O2. The molecule has 2 heterocycles. The van der Waals surface area contributed by atoms with Crippen LogP contribution in [0.4, 0.5) is 0 Å². The fourth-order valence-electron chi connectivity index (χ4n) is 2.95. The van der Waals surface area contributed by atoms with Gasteiger partial charge in [0, 0.05) is 30.6 Å². The Morgan fingerprint density at radius 1 is 1.36 bits per heavy atom. The molecule has 0 radical (unpaired) electrons. The molecule has 4 nitrogen and oxygen atoms in total. The van der Waals surface area contributed by atoms with Gasteiger partial charge in [0.25, 0.3) is 0 Å². The number of hydrogen-bond acceptors (Lipinski definition) is 3. The lowest BCUT2D eigenvalue weighted by Gasteiger charge is -2.39. The Hall–Kier alpha value is -1.52. The van der Waals surface area contributed by atoms with Crippen molar-refractivity contribution in [3.8, 4) is 0 Å². The van der Waals surface area contributed by atoms with E-state index in [0.717, 1.165) is 29.8 Å². The highest BCUT2D eigenvalue weighted by Gasteiger charge is 2.32. The van der Waals surface area contributed by atoms with Gasteiger partial charge in [-0.3, -0.25) is 4.79 Å². The van der Waals surface area contributed by atoms with E-state index in [-0.39, 0.29) is 30.3 Å². The molecule has 1 aromatic heterocycles. The molecule has 1 N–H and O–H groups in total. The molecule has 1 aromatic carbocycles. The van der Waals surface area contributed by atoms with Crippen LogP contribution in [0.1, 0.15) is 32.4 Å². The molecule has 1 fully saturated rings. The Morgan fingerprint density at radius 3 is 2.82 bits per heavy atom. The zero-order valence-corrected chi connectivity index (χ0v) is 14.0. The minimum Gasteiger partial charge on any atom is -0.460 e. The van der Waals surface area contributed by atoms with Gasteiger partial charge in [-0.25, -0.2) is 0 Å². The van der Waals surface area contributed by atoms with Gasteiger partial charge >= 0.3 is 0 Å².